The fraction of sp³-hybridized carbons (Fsp3) is 0.800. The summed E-state index contributed by atoms with van der Waals surface area (Å²) in [6.07, 6.45) is -3.37. The van der Waals surface area contributed by atoms with E-state index in [1.807, 2.05) is 0 Å². The van der Waals surface area contributed by atoms with Crippen molar-refractivity contribution in [2.45, 2.75) is 31.7 Å². The van der Waals surface area contributed by atoms with Gasteiger partial charge in [0.1, 0.15) is 5.82 Å². The molecule has 1 aromatic rings. The second-order valence-electron chi connectivity index (χ2n) is 4.71. The van der Waals surface area contributed by atoms with Crippen LogP contribution >= 0.6 is 0 Å². The Morgan fingerprint density at radius 3 is 2.72 bits per heavy atom. The average Bonchev–Trinajstić information content (AvgIpc) is 2.96. The predicted octanol–water partition coefficient (Wildman–Crippen LogP) is 0.474. The molecule has 1 fully saturated rings. The maximum atomic E-state index is 12.7. The molecule has 3 heterocycles. The van der Waals surface area contributed by atoms with Gasteiger partial charge in [0.15, 0.2) is 0 Å². The van der Waals surface area contributed by atoms with E-state index < -0.39 is 12.0 Å². The first-order valence-electron chi connectivity index (χ1n) is 6.00. The van der Waals surface area contributed by atoms with Crippen LogP contribution in [0.3, 0.4) is 0 Å². The maximum absolute atomic E-state index is 12.7. The summed E-state index contributed by atoms with van der Waals surface area (Å²) >= 11 is 0. The zero-order valence-electron chi connectivity index (χ0n) is 9.74. The summed E-state index contributed by atoms with van der Waals surface area (Å²) in [7, 11) is 0. The molecular weight excluding hydrogens is 247 g/mol. The molecule has 5 nitrogen and oxygen atoms in total. The van der Waals surface area contributed by atoms with Gasteiger partial charge >= 0.3 is 6.18 Å². The van der Waals surface area contributed by atoms with Gasteiger partial charge in [-0.25, -0.2) is 0 Å². The lowest BCUT2D eigenvalue weighted by Gasteiger charge is -2.32. The molecule has 0 radical (unpaired) electrons. The Morgan fingerprint density at radius 1 is 1.22 bits per heavy atom. The Kier molecular flexibility index (Phi) is 2.78. The van der Waals surface area contributed by atoms with E-state index in [1.54, 1.807) is 0 Å². The van der Waals surface area contributed by atoms with Gasteiger partial charge in [0.2, 0.25) is 5.82 Å². The molecule has 0 aliphatic carbocycles. The number of fused-ring (bicyclic) bond motifs is 1. The minimum absolute atomic E-state index is 0.313. The van der Waals surface area contributed by atoms with E-state index in [2.05, 4.69) is 20.4 Å². The lowest BCUT2D eigenvalue weighted by Crippen LogP contribution is -2.42. The second kappa shape index (κ2) is 4.20. The lowest BCUT2D eigenvalue weighted by molar-refractivity contribution is -0.148. The predicted molar refractivity (Wildman–Crippen MR) is 56.7 cm³/mol. The number of nitrogens with zero attached hydrogens (tertiary/aromatic N) is 4. The first kappa shape index (κ1) is 11.9. The summed E-state index contributed by atoms with van der Waals surface area (Å²) in [5, 5.41) is 10.2. The molecule has 0 spiro atoms. The quantitative estimate of drug-likeness (QED) is 0.798. The van der Waals surface area contributed by atoms with E-state index in [9.17, 15) is 13.2 Å². The summed E-state index contributed by atoms with van der Waals surface area (Å²) in [5.41, 5.74) is 0. The molecule has 0 bridgehead atoms. The number of nitrogens with one attached hydrogen (secondary N) is 1. The van der Waals surface area contributed by atoms with Crippen LogP contribution in [0.5, 0.6) is 0 Å². The van der Waals surface area contributed by atoms with E-state index in [-0.39, 0.29) is 0 Å². The fourth-order valence-electron chi connectivity index (χ4n) is 2.65. The standard InChI is InChI=1S/C10H14F3N5/c11-10(12,13)9-16-15-8-6-17(3-4-18(8)9)7-1-2-14-5-7/h7,14H,1-6H2. The maximum Gasteiger partial charge on any atom is 0.451 e. The number of hydrogen-bond donors (Lipinski definition) is 1. The van der Waals surface area contributed by atoms with Crippen molar-refractivity contribution in [3.05, 3.63) is 11.6 Å². The molecule has 2 aliphatic heterocycles. The van der Waals surface area contributed by atoms with Crippen LogP contribution in [0.15, 0.2) is 0 Å². The zero-order valence-corrected chi connectivity index (χ0v) is 9.74. The largest absolute Gasteiger partial charge is 0.451 e. The van der Waals surface area contributed by atoms with Gasteiger partial charge in [0.25, 0.3) is 0 Å². The third kappa shape index (κ3) is 1.99. The molecular formula is C10H14F3N5. The van der Waals surface area contributed by atoms with Crippen LogP contribution in [0.25, 0.3) is 0 Å². The van der Waals surface area contributed by atoms with Crippen molar-refractivity contribution in [2.24, 2.45) is 0 Å². The van der Waals surface area contributed by atoms with Gasteiger partial charge in [-0.2, -0.15) is 13.2 Å². The monoisotopic (exact) mass is 261 g/mol. The summed E-state index contributed by atoms with van der Waals surface area (Å²) in [6, 6.07) is 0.407. The molecule has 1 aromatic heterocycles. The van der Waals surface area contributed by atoms with E-state index in [0.29, 0.717) is 31.5 Å². The highest BCUT2D eigenvalue weighted by atomic mass is 19.4. The van der Waals surface area contributed by atoms with E-state index in [1.165, 1.54) is 4.57 Å². The molecule has 100 valence electrons. The van der Waals surface area contributed by atoms with E-state index in [4.69, 9.17) is 0 Å². The van der Waals surface area contributed by atoms with Crippen LogP contribution in [-0.2, 0) is 19.3 Å². The molecule has 3 rings (SSSR count). The summed E-state index contributed by atoms with van der Waals surface area (Å²) in [4.78, 5) is 2.18. The topological polar surface area (TPSA) is 46.0 Å². The Balaban J connectivity index is 1.80. The van der Waals surface area contributed by atoms with Crippen LogP contribution in [0.2, 0.25) is 0 Å². The molecule has 0 aromatic carbocycles. The first-order valence-corrected chi connectivity index (χ1v) is 6.00. The van der Waals surface area contributed by atoms with Gasteiger partial charge in [-0.05, 0) is 13.0 Å². The smallest absolute Gasteiger partial charge is 0.315 e. The number of halogens is 3. The summed E-state index contributed by atoms with van der Waals surface area (Å²) in [5.74, 6) is -0.456. The molecule has 1 N–H and O–H groups in total. The molecule has 1 saturated heterocycles. The SMILES string of the molecule is FC(F)(F)c1nnc2n1CCN(C1CCNC1)C2. The van der Waals surface area contributed by atoms with Crippen LogP contribution in [0.4, 0.5) is 13.2 Å². The average molecular weight is 261 g/mol. The number of alkyl halides is 3. The van der Waals surface area contributed by atoms with Crippen molar-refractivity contribution in [2.75, 3.05) is 19.6 Å². The Hall–Kier alpha value is -1.15. The minimum atomic E-state index is -4.41. The number of aromatic nitrogens is 3. The van der Waals surface area contributed by atoms with E-state index in [0.717, 1.165) is 19.5 Å². The second-order valence-corrected chi connectivity index (χ2v) is 4.71. The van der Waals surface area contributed by atoms with Crippen molar-refractivity contribution in [3.63, 3.8) is 0 Å². The van der Waals surface area contributed by atoms with Gasteiger partial charge in [0.05, 0.1) is 6.54 Å². The van der Waals surface area contributed by atoms with Crippen molar-refractivity contribution in [1.29, 1.82) is 0 Å². The molecule has 2 aliphatic rings. The van der Waals surface area contributed by atoms with Gasteiger partial charge in [-0.3, -0.25) is 4.90 Å². The third-order valence-corrected chi connectivity index (χ3v) is 3.59. The summed E-state index contributed by atoms with van der Waals surface area (Å²) < 4.78 is 39.2. The molecule has 0 saturated carbocycles. The lowest BCUT2D eigenvalue weighted by atomic mass is 10.2. The highest BCUT2D eigenvalue weighted by Crippen LogP contribution is 2.29. The normalized spacial score (nSPS) is 25.4. The van der Waals surface area contributed by atoms with Crippen molar-refractivity contribution in [1.82, 2.24) is 25.0 Å². The van der Waals surface area contributed by atoms with Crippen LogP contribution in [-0.4, -0.2) is 45.3 Å². The minimum Gasteiger partial charge on any atom is -0.315 e. The van der Waals surface area contributed by atoms with Crippen molar-refractivity contribution >= 4 is 0 Å². The molecule has 1 atom stereocenters. The fourth-order valence-corrected chi connectivity index (χ4v) is 2.65. The Labute approximate surface area is 102 Å². The summed E-state index contributed by atoms with van der Waals surface area (Å²) in [6.45, 7) is 3.27. The number of rotatable bonds is 1. The molecule has 1 unspecified atom stereocenters. The van der Waals surface area contributed by atoms with Crippen LogP contribution in [0, 0.1) is 0 Å². The highest BCUT2D eigenvalue weighted by molar-refractivity contribution is 5.03. The van der Waals surface area contributed by atoms with Crippen molar-refractivity contribution < 1.29 is 13.2 Å². The van der Waals surface area contributed by atoms with Gasteiger partial charge < -0.3 is 9.88 Å². The van der Waals surface area contributed by atoms with Crippen LogP contribution < -0.4 is 5.32 Å². The Morgan fingerprint density at radius 2 is 2.06 bits per heavy atom. The van der Waals surface area contributed by atoms with Gasteiger partial charge in [-0.15, -0.1) is 10.2 Å². The molecule has 8 heteroatoms. The molecule has 18 heavy (non-hydrogen) atoms. The zero-order chi connectivity index (χ0) is 12.8. The Bertz CT molecular complexity index is 435. The highest BCUT2D eigenvalue weighted by Gasteiger charge is 2.40. The first-order chi connectivity index (χ1) is 8.55. The van der Waals surface area contributed by atoms with E-state index >= 15 is 0 Å². The third-order valence-electron chi connectivity index (χ3n) is 3.59. The number of hydrogen-bond acceptors (Lipinski definition) is 4. The van der Waals surface area contributed by atoms with Gasteiger partial charge in [-0.1, -0.05) is 0 Å². The molecule has 0 amide bonds. The van der Waals surface area contributed by atoms with Crippen LogP contribution in [0.1, 0.15) is 18.1 Å². The van der Waals surface area contributed by atoms with Gasteiger partial charge in [0, 0.05) is 25.7 Å². The van der Waals surface area contributed by atoms with Crippen molar-refractivity contribution in [3.8, 4) is 0 Å².